The summed E-state index contributed by atoms with van der Waals surface area (Å²) in [6.07, 6.45) is 1.43. The van der Waals surface area contributed by atoms with Crippen LogP contribution in [0, 0.1) is 6.88 Å². The van der Waals surface area contributed by atoms with Gasteiger partial charge in [-0.25, -0.2) is 4.98 Å². The molecule has 4 heteroatoms. The van der Waals surface area contributed by atoms with Crippen molar-refractivity contribution in [2.45, 2.75) is 65.0 Å². The molecule has 0 aliphatic rings. The van der Waals surface area contributed by atoms with Crippen molar-refractivity contribution in [2.24, 2.45) is 0 Å². The normalized spacial score (nSPS) is 16.9. The van der Waals surface area contributed by atoms with Crippen molar-refractivity contribution in [3.63, 3.8) is 0 Å². The average Bonchev–Trinajstić information content (AvgIpc) is 2.84. The number of nitrogens with zero attached hydrogens (tertiary/aromatic N) is 2. The lowest BCUT2D eigenvalue weighted by Crippen LogP contribution is -2.52. The zero-order valence-electron chi connectivity index (χ0n) is 19.3. The minimum absolute atomic E-state index is 0.170. The molecule has 2 aromatic heterocycles. The van der Waals surface area contributed by atoms with Gasteiger partial charge in [0.05, 0.1) is 17.3 Å². The second-order valence-corrected chi connectivity index (χ2v) is 12.6. The van der Waals surface area contributed by atoms with E-state index >= 15 is 0 Å². The Morgan fingerprint density at radius 1 is 1.09 bits per heavy atom. The second kappa shape index (κ2) is 6.07. The lowest BCUT2D eigenvalue weighted by Gasteiger charge is -2.45. The van der Waals surface area contributed by atoms with Crippen molar-refractivity contribution in [3.8, 4) is 5.75 Å². The predicted molar refractivity (Wildman–Crippen MR) is 97.5 cm³/mol. The summed E-state index contributed by atoms with van der Waals surface area (Å²) in [5, 5.41) is 0.718. The van der Waals surface area contributed by atoms with Crippen LogP contribution in [0.25, 0.3) is 11.0 Å². The lowest BCUT2D eigenvalue weighted by molar-refractivity contribution is 0.413. The van der Waals surface area contributed by atoms with E-state index < -0.39 is 22.1 Å². The third-order valence-corrected chi connectivity index (χ3v) is 11.7. The molecule has 2 rings (SSSR count). The van der Waals surface area contributed by atoms with Crippen LogP contribution in [0.15, 0.2) is 18.3 Å². The van der Waals surface area contributed by atoms with Gasteiger partial charge in [0.1, 0.15) is 11.4 Å². The van der Waals surface area contributed by atoms with Crippen LogP contribution < -0.4 is 4.74 Å². The Bertz CT molecular complexity index is 777. The summed E-state index contributed by atoms with van der Waals surface area (Å²) in [6.45, 7) is 12.2. The molecule has 0 fully saturated rings. The Morgan fingerprint density at radius 2 is 1.73 bits per heavy atom. The van der Waals surface area contributed by atoms with Crippen LogP contribution in [0.5, 0.6) is 5.75 Å². The van der Waals surface area contributed by atoms with E-state index in [2.05, 4.69) is 50.8 Å². The first-order valence-electron chi connectivity index (χ1n) is 10.5. The first kappa shape index (κ1) is 11.3. The minimum Gasteiger partial charge on any atom is -0.495 e. The fourth-order valence-corrected chi connectivity index (χ4v) is 10.9. The molecule has 0 saturated carbocycles. The molecule has 0 amide bonds. The predicted octanol–water partition coefficient (Wildman–Crippen LogP) is 5.38. The summed E-state index contributed by atoms with van der Waals surface area (Å²) < 4.78 is 45.3. The highest BCUT2D eigenvalue weighted by Crippen LogP contribution is 2.45. The van der Waals surface area contributed by atoms with Crippen LogP contribution >= 0.6 is 0 Å². The zero-order valence-corrected chi connectivity index (χ0v) is 15.3. The highest BCUT2D eigenvalue weighted by Gasteiger charge is 2.46. The number of aryl methyl sites for hydroxylation is 1. The van der Waals surface area contributed by atoms with Gasteiger partial charge in [0, 0.05) is 13.8 Å². The van der Waals surface area contributed by atoms with E-state index in [1.807, 2.05) is 0 Å². The van der Waals surface area contributed by atoms with Gasteiger partial charge in [-0.05, 0) is 35.6 Å². The molecule has 0 unspecified atom stereocenters. The maximum absolute atomic E-state index is 8.11. The molecule has 3 nitrogen and oxygen atoms in total. The SMILES string of the molecule is [2H]C([2H])c1cc2cc(OC([2H])([2H])[2H])cnc2n1[Si](C(C)C)(C(C)C)C(C)C. The van der Waals surface area contributed by atoms with Gasteiger partial charge in [0.25, 0.3) is 0 Å². The van der Waals surface area contributed by atoms with E-state index in [0.717, 1.165) is 11.0 Å². The van der Waals surface area contributed by atoms with Crippen LogP contribution in [0.1, 0.15) is 54.1 Å². The summed E-state index contributed by atoms with van der Waals surface area (Å²) in [7, 11) is -4.77. The molecular weight excluding hydrogens is 288 g/mol. The Kier molecular flexibility index (Phi) is 3.11. The van der Waals surface area contributed by atoms with Crippen molar-refractivity contribution in [1.29, 1.82) is 0 Å². The molecular formula is C18H30N2OSi. The minimum atomic E-state index is -2.54. The van der Waals surface area contributed by atoms with Gasteiger partial charge >= 0.3 is 0 Å². The molecule has 122 valence electrons. The Morgan fingerprint density at radius 3 is 2.23 bits per heavy atom. The van der Waals surface area contributed by atoms with E-state index in [4.69, 9.17) is 11.6 Å². The fraction of sp³-hybridized carbons (Fsp3) is 0.611. The van der Waals surface area contributed by atoms with E-state index in [1.165, 1.54) is 6.20 Å². The van der Waals surface area contributed by atoms with Gasteiger partial charge < -0.3 is 8.97 Å². The lowest BCUT2D eigenvalue weighted by atomic mass is 10.3. The maximum Gasteiger partial charge on any atom is 0.171 e. The van der Waals surface area contributed by atoms with Gasteiger partial charge in [-0.3, -0.25) is 0 Å². The van der Waals surface area contributed by atoms with Gasteiger partial charge in [-0.2, -0.15) is 0 Å². The molecule has 0 aromatic carbocycles. The van der Waals surface area contributed by atoms with Gasteiger partial charge in [-0.1, -0.05) is 41.5 Å². The van der Waals surface area contributed by atoms with Crippen LogP contribution in [0.4, 0.5) is 0 Å². The number of rotatable bonds is 5. The summed E-state index contributed by atoms with van der Waals surface area (Å²) in [5.74, 6) is 0.170. The average molecular weight is 324 g/mol. The largest absolute Gasteiger partial charge is 0.495 e. The van der Waals surface area contributed by atoms with E-state index in [0.29, 0.717) is 22.3 Å². The number of hydrogen-bond donors (Lipinski definition) is 0. The first-order chi connectivity index (χ1) is 12.3. The molecule has 0 radical (unpaired) electrons. The van der Waals surface area contributed by atoms with E-state index in [1.54, 1.807) is 12.1 Å². The van der Waals surface area contributed by atoms with Crippen molar-refractivity contribution in [2.75, 3.05) is 7.04 Å². The van der Waals surface area contributed by atoms with Gasteiger partial charge in [0.2, 0.25) is 0 Å². The molecule has 0 aliphatic carbocycles. The molecule has 0 spiro atoms. The third-order valence-electron chi connectivity index (χ3n) is 4.92. The van der Waals surface area contributed by atoms with Crippen molar-refractivity contribution >= 4 is 19.3 Å². The highest BCUT2D eigenvalue weighted by atomic mass is 28.3. The van der Waals surface area contributed by atoms with Crippen molar-refractivity contribution in [1.82, 2.24) is 9.22 Å². The Labute approximate surface area is 142 Å². The van der Waals surface area contributed by atoms with Crippen LogP contribution in [-0.2, 0) is 0 Å². The summed E-state index contributed by atoms with van der Waals surface area (Å²) in [5.41, 5.74) is 2.48. The molecule has 0 N–H and O–H groups in total. The Hall–Kier alpha value is -1.29. The molecule has 0 saturated heterocycles. The number of hydrogen-bond acceptors (Lipinski definition) is 2. The number of fused-ring (bicyclic) bond motifs is 1. The summed E-state index contributed by atoms with van der Waals surface area (Å²) >= 11 is 0. The topological polar surface area (TPSA) is 27.1 Å². The highest BCUT2D eigenvalue weighted by molar-refractivity contribution is 6.82. The molecule has 2 heterocycles. The molecule has 22 heavy (non-hydrogen) atoms. The molecule has 0 atom stereocenters. The number of ether oxygens (including phenoxy) is 1. The molecule has 0 bridgehead atoms. The van der Waals surface area contributed by atoms with Gasteiger partial charge in [0.15, 0.2) is 8.24 Å². The fourth-order valence-electron chi connectivity index (χ4n) is 4.33. The number of pyridine rings is 1. The third kappa shape index (κ3) is 2.37. The molecule has 2 aromatic rings. The van der Waals surface area contributed by atoms with Gasteiger partial charge in [-0.15, -0.1) is 0 Å². The number of aromatic nitrogens is 2. The van der Waals surface area contributed by atoms with Crippen molar-refractivity contribution in [3.05, 3.63) is 24.0 Å². The maximum atomic E-state index is 8.11. The Balaban J connectivity index is 2.82. The zero-order chi connectivity index (χ0) is 20.7. The van der Waals surface area contributed by atoms with Crippen molar-refractivity contribution < 1.29 is 11.6 Å². The van der Waals surface area contributed by atoms with Crippen LogP contribution in [0.3, 0.4) is 0 Å². The smallest absolute Gasteiger partial charge is 0.171 e. The second-order valence-electron chi connectivity index (χ2n) is 6.94. The van der Waals surface area contributed by atoms with E-state index in [9.17, 15) is 0 Å². The van der Waals surface area contributed by atoms with Crippen LogP contribution in [-0.4, -0.2) is 24.5 Å². The van der Waals surface area contributed by atoms with Crippen LogP contribution in [0.2, 0.25) is 16.6 Å². The monoisotopic (exact) mass is 323 g/mol. The van der Waals surface area contributed by atoms with E-state index in [-0.39, 0.29) is 5.75 Å². The quantitative estimate of drug-likeness (QED) is 0.691. The molecule has 0 aliphatic heterocycles. The number of methoxy groups -OCH3 is 1. The summed E-state index contributed by atoms with van der Waals surface area (Å²) in [4.78, 5) is 4.54. The standard InChI is InChI=1S/C18H30N2OSi/c1-12(2)22(13(3)4,14(5)6)20-15(7)9-16-10-17(21-8)11-19-18(16)20/h9-14H,1-8H3/i7D2,8D3. The first-order valence-corrected chi connectivity index (χ1v) is 10.1. The summed E-state index contributed by atoms with van der Waals surface area (Å²) in [6, 6.07) is 3.45.